The first-order valence-electron chi connectivity index (χ1n) is 7.25. The molecule has 2 unspecified atom stereocenters. The van der Waals surface area contributed by atoms with Crippen molar-refractivity contribution in [3.05, 3.63) is 0 Å². The van der Waals surface area contributed by atoms with E-state index in [1.807, 2.05) is 18.7 Å². The van der Waals surface area contributed by atoms with Crippen LogP contribution in [0, 0.1) is 11.8 Å². The largest absolute Gasteiger partial charge is 0.341 e. The van der Waals surface area contributed by atoms with Crippen LogP contribution in [0.3, 0.4) is 0 Å². The van der Waals surface area contributed by atoms with Crippen LogP contribution in [0.5, 0.6) is 0 Å². The van der Waals surface area contributed by atoms with Crippen molar-refractivity contribution in [2.24, 2.45) is 17.6 Å². The first-order chi connectivity index (χ1) is 8.50. The van der Waals surface area contributed by atoms with Crippen LogP contribution in [0.4, 0.5) is 0 Å². The van der Waals surface area contributed by atoms with E-state index in [9.17, 15) is 4.79 Å². The lowest BCUT2D eigenvalue weighted by Crippen LogP contribution is -2.57. The summed E-state index contributed by atoms with van der Waals surface area (Å²) in [6.07, 6.45) is 3.63. The van der Waals surface area contributed by atoms with Gasteiger partial charge in [0.05, 0.1) is 6.04 Å². The molecule has 2 fully saturated rings. The number of hydrogen-bond donors (Lipinski definition) is 1. The molecule has 4 nitrogen and oxygen atoms in total. The number of piperidine rings is 2. The molecule has 2 N–H and O–H groups in total. The zero-order valence-electron chi connectivity index (χ0n) is 12.3. The summed E-state index contributed by atoms with van der Waals surface area (Å²) >= 11 is 0. The average Bonchev–Trinajstić information content (AvgIpc) is 2.36. The number of halogens is 1. The van der Waals surface area contributed by atoms with E-state index in [0.717, 1.165) is 19.5 Å². The molecule has 2 saturated heterocycles. The molecular formula is C14H28ClN3O. The molecule has 19 heavy (non-hydrogen) atoms. The molecule has 2 aliphatic heterocycles. The van der Waals surface area contributed by atoms with Crippen molar-refractivity contribution < 1.29 is 4.79 Å². The van der Waals surface area contributed by atoms with Crippen molar-refractivity contribution in [1.29, 1.82) is 0 Å². The van der Waals surface area contributed by atoms with E-state index in [0.29, 0.717) is 12.0 Å². The number of rotatable bonds is 2. The molecule has 3 atom stereocenters. The van der Waals surface area contributed by atoms with Crippen molar-refractivity contribution in [2.75, 3.05) is 26.7 Å². The van der Waals surface area contributed by atoms with Crippen LogP contribution in [-0.4, -0.2) is 54.5 Å². The van der Waals surface area contributed by atoms with Gasteiger partial charge in [-0.15, -0.1) is 12.4 Å². The Morgan fingerprint density at radius 3 is 2.58 bits per heavy atom. The monoisotopic (exact) mass is 289 g/mol. The predicted octanol–water partition coefficient (Wildman–Crippen LogP) is 1.33. The first-order valence-corrected chi connectivity index (χ1v) is 7.25. The number of carbonyl (C=O) groups excluding carboxylic acids is 1. The normalized spacial score (nSPS) is 29.6. The summed E-state index contributed by atoms with van der Waals surface area (Å²) < 4.78 is 0. The first kappa shape index (κ1) is 16.7. The van der Waals surface area contributed by atoms with Crippen LogP contribution in [0.25, 0.3) is 0 Å². The minimum Gasteiger partial charge on any atom is -0.341 e. The van der Waals surface area contributed by atoms with Crippen molar-refractivity contribution in [2.45, 2.75) is 45.2 Å². The molecule has 2 heterocycles. The maximum Gasteiger partial charge on any atom is 0.239 e. The lowest BCUT2D eigenvalue weighted by Gasteiger charge is -2.46. The second-order valence-corrected chi connectivity index (χ2v) is 6.29. The number of amides is 1. The molecule has 0 saturated carbocycles. The molecule has 5 heteroatoms. The molecule has 112 valence electrons. The average molecular weight is 290 g/mol. The maximum absolute atomic E-state index is 12.3. The Balaban J connectivity index is 0.00000180. The highest BCUT2D eigenvalue weighted by atomic mass is 35.5. The third-order valence-corrected chi connectivity index (χ3v) is 4.66. The SMILES string of the molecule is CC(C)[C@H](N)C(=O)N1CCC2C(CCCN2C)C1.Cl. The highest BCUT2D eigenvalue weighted by molar-refractivity contribution is 5.85. The van der Waals surface area contributed by atoms with E-state index >= 15 is 0 Å². The Labute approximate surface area is 123 Å². The van der Waals surface area contributed by atoms with Gasteiger partial charge in [0.1, 0.15) is 0 Å². The summed E-state index contributed by atoms with van der Waals surface area (Å²) in [7, 11) is 2.22. The van der Waals surface area contributed by atoms with E-state index in [4.69, 9.17) is 5.73 Å². The van der Waals surface area contributed by atoms with Crippen molar-refractivity contribution in [3.63, 3.8) is 0 Å². The molecule has 1 amide bonds. The standard InChI is InChI=1S/C14H27N3O.ClH/c1-10(2)13(15)14(18)17-8-6-12-11(9-17)5-4-7-16(12)3;/h10-13H,4-9,15H2,1-3H3;1H/t11?,12?,13-;/m0./s1. The molecule has 0 radical (unpaired) electrons. The molecule has 0 aromatic carbocycles. The van der Waals surface area contributed by atoms with Gasteiger partial charge in [0.2, 0.25) is 5.91 Å². The number of fused-ring (bicyclic) bond motifs is 1. The Hall–Kier alpha value is -0.320. The fourth-order valence-corrected chi connectivity index (χ4v) is 3.35. The third-order valence-electron chi connectivity index (χ3n) is 4.66. The Morgan fingerprint density at radius 2 is 1.95 bits per heavy atom. The summed E-state index contributed by atoms with van der Waals surface area (Å²) in [5, 5.41) is 0. The van der Waals surface area contributed by atoms with Gasteiger partial charge >= 0.3 is 0 Å². The van der Waals surface area contributed by atoms with E-state index in [1.54, 1.807) is 0 Å². The fourth-order valence-electron chi connectivity index (χ4n) is 3.35. The second kappa shape index (κ2) is 6.91. The summed E-state index contributed by atoms with van der Waals surface area (Å²) in [6.45, 7) is 7.03. The van der Waals surface area contributed by atoms with Gasteiger partial charge in [-0.05, 0) is 44.7 Å². The van der Waals surface area contributed by atoms with Gasteiger partial charge < -0.3 is 15.5 Å². The summed E-state index contributed by atoms with van der Waals surface area (Å²) in [5.41, 5.74) is 5.98. The minimum atomic E-state index is -0.331. The lowest BCUT2D eigenvalue weighted by atomic mass is 9.84. The van der Waals surface area contributed by atoms with Gasteiger partial charge in [0, 0.05) is 19.1 Å². The number of carbonyl (C=O) groups is 1. The zero-order valence-corrected chi connectivity index (χ0v) is 13.2. The molecule has 2 aliphatic rings. The quantitative estimate of drug-likeness (QED) is 0.834. The molecule has 2 rings (SSSR count). The van der Waals surface area contributed by atoms with Gasteiger partial charge in [-0.1, -0.05) is 13.8 Å². The van der Waals surface area contributed by atoms with E-state index in [-0.39, 0.29) is 30.3 Å². The van der Waals surface area contributed by atoms with Crippen LogP contribution in [0.1, 0.15) is 33.1 Å². The van der Waals surface area contributed by atoms with Crippen molar-refractivity contribution in [3.8, 4) is 0 Å². The van der Waals surface area contributed by atoms with Gasteiger partial charge in [-0.3, -0.25) is 4.79 Å². The number of likely N-dealkylation sites (tertiary alicyclic amines) is 2. The lowest BCUT2D eigenvalue weighted by molar-refractivity contribution is -0.137. The number of hydrogen-bond acceptors (Lipinski definition) is 3. The summed E-state index contributed by atoms with van der Waals surface area (Å²) in [6, 6.07) is 0.348. The maximum atomic E-state index is 12.3. The molecule has 0 bridgehead atoms. The van der Waals surface area contributed by atoms with Crippen molar-refractivity contribution >= 4 is 18.3 Å². The third kappa shape index (κ3) is 3.61. The molecule has 0 spiro atoms. The Morgan fingerprint density at radius 1 is 1.26 bits per heavy atom. The van der Waals surface area contributed by atoms with E-state index < -0.39 is 0 Å². The second-order valence-electron chi connectivity index (χ2n) is 6.29. The van der Waals surface area contributed by atoms with Crippen LogP contribution < -0.4 is 5.73 Å². The minimum absolute atomic E-state index is 0. The molecule has 0 aliphatic carbocycles. The zero-order chi connectivity index (χ0) is 13.3. The molecule has 0 aromatic heterocycles. The van der Waals surface area contributed by atoms with Gasteiger partial charge in [0.25, 0.3) is 0 Å². The molecule has 0 aromatic rings. The molecular weight excluding hydrogens is 262 g/mol. The summed E-state index contributed by atoms with van der Waals surface area (Å²) in [4.78, 5) is 16.8. The van der Waals surface area contributed by atoms with Crippen molar-refractivity contribution in [1.82, 2.24) is 9.80 Å². The number of nitrogens with zero attached hydrogens (tertiary/aromatic N) is 2. The number of nitrogens with two attached hydrogens (primary N) is 1. The highest BCUT2D eigenvalue weighted by Gasteiger charge is 2.37. The predicted molar refractivity (Wildman–Crippen MR) is 80.4 cm³/mol. The van der Waals surface area contributed by atoms with Crippen LogP contribution in [-0.2, 0) is 4.79 Å². The van der Waals surface area contributed by atoms with E-state index in [2.05, 4.69) is 11.9 Å². The van der Waals surface area contributed by atoms with Crippen LogP contribution >= 0.6 is 12.4 Å². The van der Waals surface area contributed by atoms with E-state index in [1.165, 1.54) is 19.4 Å². The highest BCUT2D eigenvalue weighted by Crippen LogP contribution is 2.29. The summed E-state index contributed by atoms with van der Waals surface area (Å²) in [5.74, 6) is 1.03. The van der Waals surface area contributed by atoms with Crippen LogP contribution in [0.2, 0.25) is 0 Å². The Kier molecular flexibility index (Phi) is 6.09. The topological polar surface area (TPSA) is 49.6 Å². The smallest absolute Gasteiger partial charge is 0.239 e. The van der Waals surface area contributed by atoms with Gasteiger partial charge in [0.15, 0.2) is 0 Å². The Bertz CT molecular complexity index is 311. The van der Waals surface area contributed by atoms with Gasteiger partial charge in [-0.2, -0.15) is 0 Å². The van der Waals surface area contributed by atoms with Crippen LogP contribution in [0.15, 0.2) is 0 Å². The fraction of sp³-hybridized carbons (Fsp3) is 0.929. The van der Waals surface area contributed by atoms with Gasteiger partial charge in [-0.25, -0.2) is 0 Å².